The van der Waals surface area contributed by atoms with Gasteiger partial charge in [-0.25, -0.2) is 4.98 Å². The van der Waals surface area contributed by atoms with E-state index in [9.17, 15) is 4.79 Å². The van der Waals surface area contributed by atoms with E-state index in [-0.39, 0.29) is 11.2 Å². The van der Waals surface area contributed by atoms with Crippen molar-refractivity contribution in [3.05, 3.63) is 57.2 Å². The number of aromatic nitrogens is 2. The first-order chi connectivity index (χ1) is 14.3. The van der Waals surface area contributed by atoms with Gasteiger partial charge in [0.25, 0.3) is 5.56 Å². The molecular formula is C23H26N2O3S2. The van der Waals surface area contributed by atoms with Crippen molar-refractivity contribution in [3.8, 4) is 11.4 Å². The molecule has 0 amide bonds. The zero-order chi connectivity index (χ0) is 21.5. The van der Waals surface area contributed by atoms with Crippen molar-refractivity contribution in [2.24, 2.45) is 0 Å². The smallest absolute Gasteiger partial charge is 0.267 e. The van der Waals surface area contributed by atoms with Gasteiger partial charge in [-0.05, 0) is 50.1 Å². The SMILES string of the molecule is C=C(C)CSc1nc2sc3c(c2c(=O)n1-c1ccc(OC)cc1)C[C@](C)(CC)OC3. The summed E-state index contributed by atoms with van der Waals surface area (Å²) in [5.74, 6) is 1.46. The van der Waals surface area contributed by atoms with Gasteiger partial charge in [-0.2, -0.15) is 0 Å². The van der Waals surface area contributed by atoms with Crippen LogP contribution < -0.4 is 10.3 Å². The molecule has 5 nitrogen and oxygen atoms in total. The molecule has 3 heterocycles. The van der Waals surface area contributed by atoms with Crippen LogP contribution in [0, 0.1) is 0 Å². The van der Waals surface area contributed by atoms with Gasteiger partial charge in [-0.3, -0.25) is 9.36 Å². The van der Waals surface area contributed by atoms with E-state index < -0.39 is 0 Å². The standard InChI is InChI=1S/C23H26N2O3S2/c1-6-23(4)11-17-18(12-28-23)30-20-19(17)21(26)25(22(24-20)29-13-14(2)3)15-7-9-16(27-5)10-8-15/h7-10H,2,6,11-13H2,1,3-5H3/t23-/m0/s1. The number of benzene rings is 1. The Labute approximate surface area is 184 Å². The summed E-state index contributed by atoms with van der Waals surface area (Å²) >= 11 is 3.11. The van der Waals surface area contributed by atoms with E-state index in [0.717, 1.165) is 50.5 Å². The van der Waals surface area contributed by atoms with Gasteiger partial charge in [0.05, 0.1) is 30.4 Å². The Morgan fingerprint density at radius 1 is 1.40 bits per heavy atom. The van der Waals surface area contributed by atoms with Gasteiger partial charge in [0.1, 0.15) is 10.6 Å². The Kier molecular flexibility index (Phi) is 5.79. The number of hydrogen-bond donors (Lipinski definition) is 0. The van der Waals surface area contributed by atoms with Crippen LogP contribution in [0.4, 0.5) is 0 Å². The largest absolute Gasteiger partial charge is 0.497 e. The van der Waals surface area contributed by atoms with Crippen molar-refractivity contribution in [2.75, 3.05) is 12.9 Å². The summed E-state index contributed by atoms with van der Waals surface area (Å²) in [6, 6.07) is 7.53. The summed E-state index contributed by atoms with van der Waals surface area (Å²) < 4.78 is 13.1. The minimum atomic E-state index is -0.244. The molecule has 1 aliphatic heterocycles. The Morgan fingerprint density at radius 2 is 2.13 bits per heavy atom. The van der Waals surface area contributed by atoms with Crippen LogP contribution in [-0.4, -0.2) is 28.0 Å². The Balaban J connectivity index is 1.93. The van der Waals surface area contributed by atoms with Crippen LogP contribution in [-0.2, 0) is 17.8 Å². The second kappa shape index (κ2) is 8.21. The predicted molar refractivity (Wildman–Crippen MR) is 124 cm³/mol. The molecule has 1 atom stereocenters. The second-order valence-corrected chi connectivity index (χ2v) is 9.96. The second-order valence-electron chi connectivity index (χ2n) is 7.93. The summed E-state index contributed by atoms with van der Waals surface area (Å²) in [5, 5.41) is 1.41. The van der Waals surface area contributed by atoms with Crippen molar-refractivity contribution in [1.29, 1.82) is 0 Å². The molecule has 158 valence electrons. The molecule has 1 aliphatic rings. The lowest BCUT2D eigenvalue weighted by atomic mass is 9.90. The Bertz CT molecular complexity index is 1160. The molecule has 0 radical (unpaired) electrons. The van der Waals surface area contributed by atoms with Crippen molar-refractivity contribution < 1.29 is 9.47 Å². The lowest BCUT2D eigenvalue weighted by molar-refractivity contribution is -0.0543. The topological polar surface area (TPSA) is 53.4 Å². The van der Waals surface area contributed by atoms with Gasteiger partial charge < -0.3 is 9.47 Å². The maximum Gasteiger partial charge on any atom is 0.267 e. The van der Waals surface area contributed by atoms with E-state index in [0.29, 0.717) is 17.5 Å². The predicted octanol–water partition coefficient (Wildman–Crippen LogP) is 5.37. The van der Waals surface area contributed by atoms with Gasteiger partial charge in [0, 0.05) is 17.1 Å². The monoisotopic (exact) mass is 442 g/mol. The fourth-order valence-electron chi connectivity index (χ4n) is 3.57. The van der Waals surface area contributed by atoms with Crippen LogP contribution in [0.25, 0.3) is 15.9 Å². The molecule has 0 saturated carbocycles. The van der Waals surface area contributed by atoms with Crippen molar-refractivity contribution in [3.63, 3.8) is 0 Å². The molecule has 0 N–H and O–H groups in total. The zero-order valence-electron chi connectivity index (χ0n) is 17.8. The van der Waals surface area contributed by atoms with Gasteiger partial charge in [-0.15, -0.1) is 11.3 Å². The van der Waals surface area contributed by atoms with Gasteiger partial charge in [-0.1, -0.05) is 30.8 Å². The Morgan fingerprint density at radius 3 is 2.77 bits per heavy atom. The molecule has 0 spiro atoms. The number of rotatable bonds is 6. The fourth-order valence-corrected chi connectivity index (χ4v) is 5.57. The molecule has 0 saturated heterocycles. The summed E-state index contributed by atoms with van der Waals surface area (Å²) in [5.41, 5.74) is 2.65. The summed E-state index contributed by atoms with van der Waals surface area (Å²) in [7, 11) is 1.63. The van der Waals surface area contributed by atoms with Gasteiger partial charge in [0.15, 0.2) is 5.16 Å². The highest BCUT2D eigenvalue weighted by Crippen LogP contribution is 2.39. The summed E-state index contributed by atoms with van der Waals surface area (Å²) in [4.78, 5) is 20.6. The molecular weight excluding hydrogens is 416 g/mol. The molecule has 2 aromatic heterocycles. The van der Waals surface area contributed by atoms with Crippen LogP contribution in [0.15, 0.2) is 46.4 Å². The third-order valence-corrected chi connectivity index (χ3v) is 7.77. The minimum absolute atomic E-state index is 0.0211. The van der Waals surface area contributed by atoms with E-state index in [1.807, 2.05) is 31.2 Å². The molecule has 1 aromatic carbocycles. The summed E-state index contributed by atoms with van der Waals surface area (Å²) in [6.07, 6.45) is 1.63. The molecule has 0 unspecified atom stereocenters. The minimum Gasteiger partial charge on any atom is -0.497 e. The van der Waals surface area contributed by atoms with E-state index in [1.54, 1.807) is 23.0 Å². The molecule has 4 rings (SSSR count). The lowest BCUT2D eigenvalue weighted by Crippen LogP contribution is -2.34. The van der Waals surface area contributed by atoms with E-state index in [1.165, 1.54) is 11.8 Å². The number of thioether (sulfide) groups is 1. The summed E-state index contributed by atoms with van der Waals surface area (Å²) in [6.45, 7) is 10.8. The third-order valence-electron chi connectivity index (χ3n) is 5.51. The van der Waals surface area contributed by atoms with Crippen molar-refractivity contribution in [1.82, 2.24) is 9.55 Å². The maximum absolute atomic E-state index is 13.8. The first-order valence-corrected chi connectivity index (χ1v) is 11.8. The van der Waals surface area contributed by atoms with Gasteiger partial charge >= 0.3 is 0 Å². The average Bonchev–Trinajstić information content (AvgIpc) is 3.10. The molecule has 0 aliphatic carbocycles. The quantitative estimate of drug-likeness (QED) is 0.292. The molecule has 3 aromatic rings. The highest BCUT2D eigenvalue weighted by atomic mass is 32.2. The third kappa shape index (κ3) is 3.82. The highest BCUT2D eigenvalue weighted by molar-refractivity contribution is 7.99. The molecule has 0 bridgehead atoms. The number of methoxy groups -OCH3 is 1. The van der Waals surface area contributed by atoms with Crippen LogP contribution in [0.3, 0.4) is 0 Å². The van der Waals surface area contributed by atoms with Crippen LogP contribution in [0.1, 0.15) is 37.6 Å². The maximum atomic E-state index is 13.8. The number of hydrogen-bond acceptors (Lipinski definition) is 6. The molecule has 30 heavy (non-hydrogen) atoms. The number of thiophene rings is 1. The Hall–Kier alpha value is -2.09. The van der Waals surface area contributed by atoms with Crippen LogP contribution >= 0.6 is 23.1 Å². The van der Waals surface area contributed by atoms with E-state index >= 15 is 0 Å². The average molecular weight is 443 g/mol. The zero-order valence-corrected chi connectivity index (χ0v) is 19.4. The lowest BCUT2D eigenvalue weighted by Gasteiger charge is -2.32. The van der Waals surface area contributed by atoms with Crippen LogP contribution in [0.5, 0.6) is 5.75 Å². The van der Waals surface area contributed by atoms with Crippen molar-refractivity contribution in [2.45, 2.75) is 51.0 Å². The molecule has 0 fully saturated rings. The van der Waals surface area contributed by atoms with Crippen molar-refractivity contribution >= 4 is 33.3 Å². The first-order valence-electron chi connectivity index (χ1n) is 9.98. The molecule has 7 heteroatoms. The first kappa shape index (κ1) is 21.2. The fraction of sp³-hybridized carbons (Fsp3) is 0.391. The van der Waals surface area contributed by atoms with Gasteiger partial charge in [0.2, 0.25) is 0 Å². The number of fused-ring (bicyclic) bond motifs is 3. The normalized spacial score (nSPS) is 18.4. The number of nitrogens with zero attached hydrogens (tertiary/aromatic N) is 2. The number of ether oxygens (including phenoxy) is 2. The highest BCUT2D eigenvalue weighted by Gasteiger charge is 2.33. The van der Waals surface area contributed by atoms with Crippen LogP contribution in [0.2, 0.25) is 0 Å². The van der Waals surface area contributed by atoms with E-state index in [4.69, 9.17) is 14.5 Å². The van der Waals surface area contributed by atoms with E-state index in [2.05, 4.69) is 20.4 Å².